The topological polar surface area (TPSA) is 12.0 Å². The highest BCUT2D eigenvalue weighted by molar-refractivity contribution is 6.36. The molecule has 23 heavy (non-hydrogen) atoms. The number of fused-ring (bicyclic) bond motifs is 3. The van der Waals surface area contributed by atoms with Crippen molar-refractivity contribution in [1.82, 2.24) is 0 Å². The lowest BCUT2D eigenvalue weighted by atomic mass is 9.77. The van der Waals surface area contributed by atoms with Gasteiger partial charge in [0.1, 0.15) is 0 Å². The van der Waals surface area contributed by atoms with Crippen molar-refractivity contribution in [2.75, 3.05) is 5.32 Å². The maximum Gasteiger partial charge on any atom is 0.0568 e. The number of nitrogens with one attached hydrogen (secondary N) is 1. The van der Waals surface area contributed by atoms with Gasteiger partial charge in [-0.2, -0.15) is 0 Å². The Morgan fingerprint density at radius 3 is 2.48 bits per heavy atom. The van der Waals surface area contributed by atoms with Gasteiger partial charge in [0.05, 0.1) is 6.04 Å². The summed E-state index contributed by atoms with van der Waals surface area (Å²) in [5, 5.41) is 6.25. The predicted molar refractivity (Wildman–Crippen MR) is 99.3 cm³/mol. The third kappa shape index (κ3) is 2.64. The van der Waals surface area contributed by atoms with E-state index < -0.39 is 0 Å². The Balaban J connectivity index is 1.84. The lowest BCUT2D eigenvalue weighted by Crippen LogP contribution is -2.29. The Bertz CT molecular complexity index is 815. The van der Waals surface area contributed by atoms with E-state index in [4.69, 9.17) is 46.4 Å². The van der Waals surface area contributed by atoms with Crippen molar-refractivity contribution >= 4 is 52.1 Å². The van der Waals surface area contributed by atoms with Crippen LogP contribution in [0.1, 0.15) is 29.5 Å². The molecular weight excluding hydrogens is 372 g/mol. The first-order valence-electron chi connectivity index (χ1n) is 7.41. The first kappa shape index (κ1) is 15.7. The minimum absolute atomic E-state index is 0.0989. The van der Waals surface area contributed by atoms with Crippen molar-refractivity contribution in [2.24, 2.45) is 5.92 Å². The molecule has 0 spiro atoms. The van der Waals surface area contributed by atoms with Crippen LogP contribution in [0, 0.1) is 5.92 Å². The molecule has 3 atom stereocenters. The van der Waals surface area contributed by atoms with E-state index in [1.54, 1.807) is 6.07 Å². The van der Waals surface area contributed by atoms with E-state index in [2.05, 4.69) is 17.5 Å². The van der Waals surface area contributed by atoms with Crippen LogP contribution in [0.2, 0.25) is 20.1 Å². The Morgan fingerprint density at radius 2 is 1.70 bits per heavy atom. The van der Waals surface area contributed by atoms with Gasteiger partial charge in [-0.3, -0.25) is 0 Å². The van der Waals surface area contributed by atoms with Gasteiger partial charge in [0.25, 0.3) is 0 Å². The molecule has 1 nitrogen and oxygen atoms in total. The summed E-state index contributed by atoms with van der Waals surface area (Å²) < 4.78 is 0. The molecule has 118 valence electrons. The first-order valence-corrected chi connectivity index (χ1v) is 8.93. The average molecular weight is 385 g/mol. The van der Waals surface area contributed by atoms with E-state index in [0.717, 1.165) is 23.2 Å². The van der Waals surface area contributed by atoms with E-state index in [1.165, 1.54) is 0 Å². The van der Waals surface area contributed by atoms with Crippen molar-refractivity contribution in [3.63, 3.8) is 0 Å². The number of anilines is 1. The number of halogens is 4. The molecule has 2 aromatic carbocycles. The molecule has 2 aromatic rings. The quantitative estimate of drug-likeness (QED) is 0.515. The zero-order valence-corrected chi connectivity index (χ0v) is 15.0. The summed E-state index contributed by atoms with van der Waals surface area (Å²) in [5.41, 5.74) is 3.15. The molecule has 0 aromatic heterocycles. The molecular formula is C18H13Cl4N. The molecule has 1 heterocycles. The second-order valence-corrected chi connectivity index (χ2v) is 7.68. The van der Waals surface area contributed by atoms with Crippen molar-refractivity contribution in [3.8, 4) is 0 Å². The van der Waals surface area contributed by atoms with Gasteiger partial charge in [-0.1, -0.05) is 64.6 Å². The molecule has 0 fully saturated rings. The zero-order valence-electron chi connectivity index (χ0n) is 12.0. The molecule has 1 N–H and O–H groups in total. The highest BCUT2D eigenvalue weighted by Gasteiger charge is 2.39. The zero-order chi connectivity index (χ0) is 16.1. The predicted octanol–water partition coefficient (Wildman–Crippen LogP) is 7.13. The third-order valence-corrected chi connectivity index (χ3v) is 5.77. The Labute approximate surface area is 155 Å². The van der Waals surface area contributed by atoms with Crippen molar-refractivity contribution in [1.29, 1.82) is 0 Å². The summed E-state index contributed by atoms with van der Waals surface area (Å²) in [6.45, 7) is 0. The number of benzene rings is 2. The number of hydrogen-bond acceptors (Lipinski definition) is 1. The first-order chi connectivity index (χ1) is 11.0. The van der Waals surface area contributed by atoms with Gasteiger partial charge in [0, 0.05) is 37.3 Å². The summed E-state index contributed by atoms with van der Waals surface area (Å²) in [5.74, 6) is 0.646. The van der Waals surface area contributed by atoms with Crippen LogP contribution in [-0.4, -0.2) is 0 Å². The van der Waals surface area contributed by atoms with E-state index in [0.29, 0.717) is 26.0 Å². The van der Waals surface area contributed by atoms with E-state index in [9.17, 15) is 0 Å². The monoisotopic (exact) mass is 383 g/mol. The van der Waals surface area contributed by atoms with Crippen molar-refractivity contribution < 1.29 is 0 Å². The van der Waals surface area contributed by atoms with E-state index in [1.807, 2.05) is 24.3 Å². The summed E-state index contributed by atoms with van der Waals surface area (Å²) in [6, 6.07) is 9.50. The molecule has 1 aliphatic heterocycles. The van der Waals surface area contributed by atoms with Gasteiger partial charge in [-0.15, -0.1) is 0 Å². The third-order valence-electron chi connectivity index (χ3n) is 4.68. The fourth-order valence-corrected chi connectivity index (χ4v) is 4.85. The normalized spacial score (nSPS) is 25.0. The van der Waals surface area contributed by atoms with Crippen LogP contribution >= 0.6 is 46.4 Å². The average Bonchev–Trinajstić information content (AvgIpc) is 2.95. The summed E-state index contributed by atoms with van der Waals surface area (Å²) in [4.78, 5) is 0. The van der Waals surface area contributed by atoms with Crippen LogP contribution in [0.25, 0.3) is 0 Å². The van der Waals surface area contributed by atoms with E-state index >= 15 is 0 Å². The standard InChI is InChI=1S/C18H13Cl4N/c19-9-4-5-13(14(21)6-9)18-12-3-1-2-11(12)17-15(22)7-10(20)8-16(17)23-18/h1-2,4-8,11-12,18,23H,3H2/t11-,12-,18-/m1/s1. The van der Waals surface area contributed by atoms with Crippen LogP contribution in [0.4, 0.5) is 5.69 Å². The molecule has 2 aliphatic rings. The smallest absolute Gasteiger partial charge is 0.0568 e. The van der Waals surface area contributed by atoms with Crippen LogP contribution in [0.15, 0.2) is 42.5 Å². The lowest BCUT2D eigenvalue weighted by molar-refractivity contribution is 0.426. The molecule has 1 aliphatic carbocycles. The number of allylic oxidation sites excluding steroid dienone is 2. The van der Waals surface area contributed by atoms with Gasteiger partial charge in [0.2, 0.25) is 0 Å². The SMILES string of the molecule is Clc1ccc([C@@H]2Nc3cc(Cl)cc(Cl)c3[C@@H]3C=CC[C@H]32)c(Cl)c1. The second-order valence-electron chi connectivity index (χ2n) is 5.99. The minimum atomic E-state index is 0.0989. The number of rotatable bonds is 1. The molecule has 0 saturated heterocycles. The van der Waals surface area contributed by atoms with Crippen LogP contribution in [0.3, 0.4) is 0 Å². The molecule has 0 amide bonds. The maximum atomic E-state index is 6.46. The van der Waals surface area contributed by atoms with Gasteiger partial charge < -0.3 is 5.32 Å². The summed E-state index contributed by atoms with van der Waals surface area (Å²) in [6.07, 6.45) is 5.44. The maximum absolute atomic E-state index is 6.46. The molecule has 0 saturated carbocycles. The van der Waals surface area contributed by atoms with Crippen LogP contribution < -0.4 is 5.32 Å². The lowest BCUT2D eigenvalue weighted by Gasteiger charge is -2.38. The van der Waals surface area contributed by atoms with Gasteiger partial charge in [-0.25, -0.2) is 0 Å². The van der Waals surface area contributed by atoms with Gasteiger partial charge in [-0.05, 0) is 42.2 Å². The fourth-order valence-electron chi connectivity index (χ4n) is 3.71. The molecule has 0 bridgehead atoms. The molecule has 4 rings (SSSR count). The Kier molecular flexibility index (Phi) is 4.01. The van der Waals surface area contributed by atoms with Crippen LogP contribution in [-0.2, 0) is 0 Å². The Hall–Kier alpha value is -0.860. The van der Waals surface area contributed by atoms with Crippen LogP contribution in [0.5, 0.6) is 0 Å². The number of hydrogen-bond donors (Lipinski definition) is 1. The highest BCUT2D eigenvalue weighted by atomic mass is 35.5. The highest BCUT2D eigenvalue weighted by Crippen LogP contribution is 2.53. The fraction of sp³-hybridized carbons (Fsp3) is 0.222. The molecule has 0 radical (unpaired) electrons. The Morgan fingerprint density at radius 1 is 0.913 bits per heavy atom. The van der Waals surface area contributed by atoms with Gasteiger partial charge >= 0.3 is 0 Å². The molecule has 0 unspecified atom stereocenters. The summed E-state index contributed by atoms with van der Waals surface area (Å²) in [7, 11) is 0. The molecule has 5 heteroatoms. The van der Waals surface area contributed by atoms with Crippen molar-refractivity contribution in [2.45, 2.75) is 18.4 Å². The second kappa shape index (κ2) is 5.89. The summed E-state index contributed by atoms with van der Waals surface area (Å²) >= 11 is 25.1. The van der Waals surface area contributed by atoms with Crippen molar-refractivity contribution in [3.05, 3.63) is 73.7 Å². The van der Waals surface area contributed by atoms with Gasteiger partial charge in [0.15, 0.2) is 0 Å². The largest absolute Gasteiger partial charge is 0.378 e. The minimum Gasteiger partial charge on any atom is -0.378 e. The van der Waals surface area contributed by atoms with E-state index in [-0.39, 0.29) is 12.0 Å².